The van der Waals surface area contributed by atoms with E-state index in [9.17, 15) is 4.79 Å². The molecule has 0 spiro atoms. The van der Waals surface area contributed by atoms with Crippen molar-refractivity contribution in [2.45, 2.75) is 49.7 Å². The summed E-state index contributed by atoms with van der Waals surface area (Å²) >= 11 is 4.78. The normalized spacial score (nSPS) is 16.4. The van der Waals surface area contributed by atoms with Crippen molar-refractivity contribution in [1.29, 1.82) is 0 Å². The summed E-state index contributed by atoms with van der Waals surface area (Å²) in [4.78, 5) is 30.5. The predicted molar refractivity (Wildman–Crippen MR) is 133 cm³/mol. The van der Waals surface area contributed by atoms with E-state index in [1.54, 1.807) is 23.1 Å². The molecule has 5 rings (SSSR count). The summed E-state index contributed by atoms with van der Waals surface area (Å²) in [5.41, 5.74) is 5.18. The Bertz CT molecular complexity index is 1170. The van der Waals surface area contributed by atoms with Gasteiger partial charge in [-0.3, -0.25) is 4.79 Å². The quantitative estimate of drug-likeness (QED) is 0.285. The number of thioether (sulfide) groups is 2. The number of fused-ring (bicyclic) bond motifs is 5. The number of aryl methyl sites for hydroxylation is 1. The maximum Gasteiger partial charge on any atom is 0.233 e. The summed E-state index contributed by atoms with van der Waals surface area (Å²) in [6.07, 6.45) is 6.43. The van der Waals surface area contributed by atoms with Gasteiger partial charge in [0.1, 0.15) is 9.86 Å². The van der Waals surface area contributed by atoms with Crippen molar-refractivity contribution in [1.82, 2.24) is 19.9 Å². The van der Waals surface area contributed by atoms with Gasteiger partial charge in [-0.15, -0.1) is 11.3 Å². The zero-order valence-corrected chi connectivity index (χ0v) is 21.2. The highest BCUT2D eigenvalue weighted by molar-refractivity contribution is 8.00. The van der Waals surface area contributed by atoms with E-state index in [4.69, 9.17) is 19.7 Å². The monoisotopic (exact) mass is 488 g/mol. The van der Waals surface area contributed by atoms with Crippen molar-refractivity contribution in [3.05, 3.63) is 16.8 Å². The number of amides is 1. The highest BCUT2D eigenvalue weighted by atomic mass is 32.2. The molecule has 170 valence electrons. The number of pyridine rings is 1. The summed E-state index contributed by atoms with van der Waals surface area (Å²) in [7, 11) is 0. The number of carbonyl (C=O) groups excluding carboxylic acids is 1. The van der Waals surface area contributed by atoms with E-state index >= 15 is 0 Å². The van der Waals surface area contributed by atoms with Crippen molar-refractivity contribution in [2.24, 2.45) is 5.92 Å². The van der Waals surface area contributed by atoms with E-state index < -0.39 is 0 Å². The van der Waals surface area contributed by atoms with Gasteiger partial charge in [-0.2, -0.15) is 0 Å². The van der Waals surface area contributed by atoms with Crippen LogP contribution in [0.5, 0.6) is 0 Å². The minimum atomic E-state index is 0.148. The fourth-order valence-electron chi connectivity index (χ4n) is 4.58. The van der Waals surface area contributed by atoms with Crippen LogP contribution in [0.4, 0.5) is 0 Å². The number of hydrogen-bond acceptors (Lipinski definition) is 8. The molecule has 0 aromatic carbocycles. The van der Waals surface area contributed by atoms with Gasteiger partial charge in [-0.1, -0.05) is 37.4 Å². The van der Waals surface area contributed by atoms with Crippen LogP contribution in [0, 0.1) is 5.92 Å². The molecule has 1 aliphatic carbocycles. The summed E-state index contributed by atoms with van der Waals surface area (Å²) in [6.45, 7) is 7.11. The van der Waals surface area contributed by atoms with Crippen LogP contribution < -0.4 is 0 Å². The van der Waals surface area contributed by atoms with Crippen molar-refractivity contribution < 1.29 is 9.53 Å². The Kier molecular flexibility index (Phi) is 6.60. The van der Waals surface area contributed by atoms with Gasteiger partial charge in [-0.05, 0) is 49.0 Å². The van der Waals surface area contributed by atoms with E-state index in [1.807, 2.05) is 11.2 Å². The van der Waals surface area contributed by atoms with Crippen LogP contribution in [0.2, 0.25) is 0 Å². The van der Waals surface area contributed by atoms with Crippen molar-refractivity contribution in [2.75, 3.05) is 38.3 Å². The topological polar surface area (TPSA) is 68.2 Å². The second-order valence-electron chi connectivity index (χ2n) is 8.72. The van der Waals surface area contributed by atoms with Gasteiger partial charge in [0.05, 0.1) is 29.2 Å². The Hall–Kier alpha value is -1.42. The molecule has 1 amide bonds. The smallest absolute Gasteiger partial charge is 0.233 e. The van der Waals surface area contributed by atoms with Crippen LogP contribution in [0.1, 0.15) is 37.1 Å². The summed E-state index contributed by atoms with van der Waals surface area (Å²) in [6, 6.07) is 0. The van der Waals surface area contributed by atoms with Gasteiger partial charge in [0.15, 0.2) is 5.16 Å². The van der Waals surface area contributed by atoms with E-state index in [0.29, 0.717) is 38.0 Å². The third-order valence-electron chi connectivity index (χ3n) is 6.05. The molecule has 6 nitrogen and oxygen atoms in total. The number of ether oxygens (including phenoxy) is 1. The van der Waals surface area contributed by atoms with Crippen LogP contribution in [0.3, 0.4) is 0 Å². The first kappa shape index (κ1) is 22.4. The zero-order valence-electron chi connectivity index (χ0n) is 18.8. The largest absolute Gasteiger partial charge is 0.378 e. The number of morpholine rings is 1. The summed E-state index contributed by atoms with van der Waals surface area (Å²) < 4.78 is 6.45. The van der Waals surface area contributed by atoms with Crippen LogP contribution >= 0.6 is 34.9 Å². The van der Waals surface area contributed by atoms with Crippen LogP contribution in [0.25, 0.3) is 20.4 Å². The van der Waals surface area contributed by atoms with Gasteiger partial charge < -0.3 is 9.64 Å². The second-order valence-corrected chi connectivity index (χ2v) is 11.5. The predicted octanol–water partition coefficient (Wildman–Crippen LogP) is 4.60. The molecule has 0 unspecified atom stereocenters. The molecular weight excluding hydrogens is 460 g/mol. The number of carbonyl (C=O) groups is 1. The van der Waals surface area contributed by atoms with E-state index in [2.05, 4.69) is 13.8 Å². The maximum atomic E-state index is 12.7. The van der Waals surface area contributed by atoms with Gasteiger partial charge in [0, 0.05) is 24.2 Å². The molecule has 1 saturated heterocycles. The highest BCUT2D eigenvalue weighted by Gasteiger charge is 2.26. The second kappa shape index (κ2) is 9.44. The number of thiophene rings is 1. The molecule has 4 heterocycles. The maximum absolute atomic E-state index is 12.7. The average molecular weight is 489 g/mol. The fourth-order valence-corrected chi connectivity index (χ4v) is 7.17. The molecule has 2 aliphatic rings. The molecule has 0 radical (unpaired) electrons. The lowest BCUT2D eigenvalue weighted by Gasteiger charge is -2.26. The molecule has 0 saturated carbocycles. The third kappa shape index (κ3) is 4.24. The Morgan fingerprint density at radius 2 is 1.94 bits per heavy atom. The number of aromatic nitrogens is 3. The Morgan fingerprint density at radius 3 is 2.69 bits per heavy atom. The lowest BCUT2D eigenvalue weighted by molar-refractivity contribution is -0.132. The number of rotatable bonds is 6. The third-order valence-corrected chi connectivity index (χ3v) is 8.76. The summed E-state index contributed by atoms with van der Waals surface area (Å²) in [5.74, 6) is 1.12. The van der Waals surface area contributed by atoms with Crippen LogP contribution in [-0.2, 0) is 28.8 Å². The molecule has 3 aromatic rings. The Labute approximate surface area is 200 Å². The average Bonchev–Trinajstić information content (AvgIpc) is 3.42. The number of nitrogens with zero attached hydrogens (tertiary/aromatic N) is 4. The molecule has 1 aliphatic heterocycles. The molecule has 0 atom stereocenters. The Morgan fingerprint density at radius 1 is 1.16 bits per heavy atom. The van der Waals surface area contributed by atoms with Gasteiger partial charge in [-0.25, -0.2) is 15.0 Å². The standard InChI is InChI=1S/C23H28N4O2S3/c1-13(2)11-16-14-5-4-6-15(14)18-19-20(32-21(18)24-16)22(26-23(25-19)30-3)31-12-17(28)27-7-9-29-10-8-27/h13H,4-12H2,1-3H3. The first-order chi connectivity index (χ1) is 15.5. The minimum absolute atomic E-state index is 0.148. The van der Waals surface area contributed by atoms with E-state index in [-0.39, 0.29) is 5.91 Å². The van der Waals surface area contributed by atoms with Crippen molar-refractivity contribution in [3.63, 3.8) is 0 Å². The Balaban J connectivity index is 1.56. The lowest BCUT2D eigenvalue weighted by atomic mass is 9.99. The lowest BCUT2D eigenvalue weighted by Crippen LogP contribution is -2.41. The van der Waals surface area contributed by atoms with Crippen molar-refractivity contribution in [3.8, 4) is 0 Å². The highest BCUT2D eigenvalue weighted by Crippen LogP contribution is 2.43. The SMILES string of the molecule is CSc1nc(SCC(=O)N2CCOCC2)c2sc3nc(CC(C)C)c4c(c3c2n1)CCC4. The van der Waals surface area contributed by atoms with Crippen LogP contribution in [-0.4, -0.2) is 64.1 Å². The molecule has 1 fully saturated rings. The summed E-state index contributed by atoms with van der Waals surface area (Å²) in [5, 5.41) is 2.89. The van der Waals surface area contributed by atoms with E-state index in [0.717, 1.165) is 44.5 Å². The van der Waals surface area contributed by atoms with Gasteiger partial charge in [0.25, 0.3) is 0 Å². The molecule has 32 heavy (non-hydrogen) atoms. The van der Waals surface area contributed by atoms with Gasteiger partial charge >= 0.3 is 0 Å². The first-order valence-corrected chi connectivity index (χ1v) is 14.2. The van der Waals surface area contributed by atoms with E-state index in [1.165, 1.54) is 40.4 Å². The molecule has 0 N–H and O–H groups in total. The zero-order chi connectivity index (χ0) is 22.2. The molecular formula is C23H28N4O2S3. The first-order valence-electron chi connectivity index (χ1n) is 11.2. The molecule has 3 aromatic heterocycles. The fraction of sp³-hybridized carbons (Fsp3) is 0.565. The minimum Gasteiger partial charge on any atom is -0.378 e. The molecule has 0 bridgehead atoms. The number of hydrogen-bond donors (Lipinski definition) is 0. The van der Waals surface area contributed by atoms with Gasteiger partial charge in [0.2, 0.25) is 5.91 Å². The van der Waals surface area contributed by atoms with Crippen LogP contribution in [0.15, 0.2) is 10.2 Å². The molecule has 9 heteroatoms. The van der Waals surface area contributed by atoms with Crippen molar-refractivity contribution >= 4 is 61.2 Å².